The molecule has 0 unspecified atom stereocenters. The third-order valence-electron chi connectivity index (χ3n) is 2.88. The Balaban J connectivity index is 1.87. The smallest absolute Gasteiger partial charge is 0.234 e. The van der Waals surface area contributed by atoms with Gasteiger partial charge in [-0.05, 0) is 25.5 Å². The van der Waals surface area contributed by atoms with Gasteiger partial charge in [-0.3, -0.25) is 4.79 Å². The maximum atomic E-state index is 11.9. The molecule has 21 heavy (non-hydrogen) atoms. The van der Waals surface area contributed by atoms with Gasteiger partial charge < -0.3 is 11.2 Å². The maximum absolute atomic E-state index is 11.9. The second-order valence-electron chi connectivity index (χ2n) is 4.72. The van der Waals surface area contributed by atoms with Crippen molar-refractivity contribution in [2.75, 3.05) is 16.9 Å². The van der Waals surface area contributed by atoms with Gasteiger partial charge in [-0.1, -0.05) is 36.4 Å². The second-order valence-corrected chi connectivity index (χ2v) is 5.66. The molecule has 1 heterocycles. The van der Waals surface area contributed by atoms with Crippen LogP contribution in [0.1, 0.15) is 24.7 Å². The lowest BCUT2D eigenvalue weighted by atomic mass is 10.2. The van der Waals surface area contributed by atoms with Crippen molar-refractivity contribution >= 4 is 23.4 Å². The fourth-order valence-electron chi connectivity index (χ4n) is 1.76. The number of nitrogen functional groups attached to an aromatic ring is 1. The number of nitrogens with one attached hydrogen (secondary N) is 1. The van der Waals surface area contributed by atoms with Crippen molar-refractivity contribution in [1.82, 2.24) is 14.9 Å². The molecule has 0 radical (unpaired) electrons. The van der Waals surface area contributed by atoms with Crippen LogP contribution in [0.5, 0.6) is 0 Å². The van der Waals surface area contributed by atoms with E-state index in [-0.39, 0.29) is 11.7 Å². The molecule has 0 saturated heterocycles. The zero-order chi connectivity index (χ0) is 15.2. The van der Waals surface area contributed by atoms with Gasteiger partial charge >= 0.3 is 0 Å². The van der Waals surface area contributed by atoms with Gasteiger partial charge in [0.1, 0.15) is 0 Å². The van der Waals surface area contributed by atoms with Crippen LogP contribution >= 0.6 is 11.8 Å². The Morgan fingerprint density at radius 2 is 2.05 bits per heavy atom. The van der Waals surface area contributed by atoms with E-state index in [9.17, 15) is 4.79 Å². The van der Waals surface area contributed by atoms with Crippen LogP contribution in [0, 0.1) is 6.92 Å². The van der Waals surface area contributed by atoms with Gasteiger partial charge in [0, 0.05) is 12.1 Å². The molecule has 112 valence electrons. The molecule has 1 amide bonds. The predicted molar refractivity (Wildman–Crippen MR) is 84.7 cm³/mol. The molecule has 0 aliphatic heterocycles. The minimum absolute atomic E-state index is 0.0936. The number of aryl methyl sites for hydroxylation is 2. The molecular formula is C14H19N5OS. The van der Waals surface area contributed by atoms with Gasteiger partial charge in [0.25, 0.3) is 0 Å². The quantitative estimate of drug-likeness (QED) is 0.629. The van der Waals surface area contributed by atoms with Crippen LogP contribution in [0.15, 0.2) is 29.4 Å². The molecular weight excluding hydrogens is 286 g/mol. The zero-order valence-electron chi connectivity index (χ0n) is 12.2. The SMILES string of the molecule is CCCc1nnc(SCC(=O)Nc2ccc(C)cc2)n1N. The first-order valence-electron chi connectivity index (χ1n) is 6.79. The van der Waals surface area contributed by atoms with Crippen molar-refractivity contribution in [3.63, 3.8) is 0 Å². The van der Waals surface area contributed by atoms with E-state index in [0.717, 1.165) is 29.9 Å². The molecule has 0 atom stereocenters. The molecule has 2 rings (SSSR count). The Morgan fingerprint density at radius 3 is 2.71 bits per heavy atom. The number of amides is 1. The van der Waals surface area contributed by atoms with Crippen molar-refractivity contribution in [3.05, 3.63) is 35.7 Å². The summed E-state index contributed by atoms with van der Waals surface area (Å²) in [6, 6.07) is 7.66. The third kappa shape index (κ3) is 4.22. The minimum Gasteiger partial charge on any atom is -0.336 e. The fraction of sp³-hybridized carbons (Fsp3) is 0.357. The standard InChI is InChI=1S/C14H19N5OS/c1-3-4-12-17-18-14(19(12)15)21-9-13(20)16-11-7-5-10(2)6-8-11/h5-8H,3-4,9,15H2,1-2H3,(H,16,20). The molecule has 3 N–H and O–H groups in total. The first-order valence-corrected chi connectivity index (χ1v) is 7.77. The van der Waals surface area contributed by atoms with Crippen LogP contribution in [0.2, 0.25) is 0 Å². The first kappa shape index (κ1) is 15.4. The molecule has 0 bridgehead atoms. The number of aromatic nitrogens is 3. The predicted octanol–water partition coefficient (Wildman–Crippen LogP) is 1.98. The number of benzene rings is 1. The highest BCUT2D eigenvalue weighted by Gasteiger charge is 2.11. The minimum atomic E-state index is -0.0936. The van der Waals surface area contributed by atoms with Crippen molar-refractivity contribution in [1.29, 1.82) is 0 Å². The maximum Gasteiger partial charge on any atom is 0.234 e. The summed E-state index contributed by atoms with van der Waals surface area (Å²) in [7, 11) is 0. The number of carbonyl (C=O) groups excluding carboxylic acids is 1. The third-order valence-corrected chi connectivity index (χ3v) is 3.82. The largest absolute Gasteiger partial charge is 0.336 e. The Kier molecular flexibility index (Phi) is 5.21. The molecule has 1 aromatic carbocycles. The van der Waals surface area contributed by atoms with Crippen LogP contribution < -0.4 is 11.2 Å². The van der Waals surface area contributed by atoms with E-state index in [1.807, 2.05) is 31.2 Å². The van der Waals surface area contributed by atoms with Gasteiger partial charge in [-0.15, -0.1) is 10.2 Å². The van der Waals surface area contributed by atoms with Crippen LogP contribution in [0.25, 0.3) is 0 Å². The van der Waals surface area contributed by atoms with Gasteiger partial charge in [-0.2, -0.15) is 0 Å². The summed E-state index contributed by atoms with van der Waals surface area (Å²) in [6.07, 6.45) is 1.73. The lowest BCUT2D eigenvalue weighted by molar-refractivity contribution is -0.113. The van der Waals surface area contributed by atoms with Gasteiger partial charge in [-0.25, -0.2) is 4.68 Å². The molecule has 6 nitrogen and oxygen atoms in total. The van der Waals surface area contributed by atoms with Crippen molar-refractivity contribution in [3.8, 4) is 0 Å². The summed E-state index contributed by atoms with van der Waals surface area (Å²) in [6.45, 7) is 4.06. The lowest BCUT2D eigenvalue weighted by Crippen LogP contribution is -2.17. The average molecular weight is 305 g/mol. The number of thioether (sulfide) groups is 1. The van der Waals surface area contributed by atoms with E-state index in [0.29, 0.717) is 5.16 Å². The van der Waals surface area contributed by atoms with Crippen LogP contribution in [0.4, 0.5) is 5.69 Å². The normalized spacial score (nSPS) is 10.6. The van der Waals surface area contributed by atoms with Crippen LogP contribution in [-0.2, 0) is 11.2 Å². The van der Waals surface area contributed by atoms with E-state index in [1.165, 1.54) is 16.4 Å². The number of carbonyl (C=O) groups is 1. The first-order chi connectivity index (χ1) is 10.1. The highest BCUT2D eigenvalue weighted by molar-refractivity contribution is 7.99. The Morgan fingerprint density at radius 1 is 1.33 bits per heavy atom. The van der Waals surface area contributed by atoms with Crippen molar-refractivity contribution < 1.29 is 4.79 Å². The molecule has 0 aliphatic rings. The van der Waals surface area contributed by atoms with Crippen molar-refractivity contribution in [2.24, 2.45) is 0 Å². The number of nitrogens with two attached hydrogens (primary N) is 1. The van der Waals surface area contributed by atoms with E-state index in [2.05, 4.69) is 22.4 Å². The number of anilines is 1. The fourth-order valence-corrected chi connectivity index (χ4v) is 2.44. The summed E-state index contributed by atoms with van der Waals surface area (Å²) < 4.78 is 1.45. The second kappa shape index (κ2) is 7.12. The molecule has 0 fully saturated rings. The molecule has 1 aromatic heterocycles. The summed E-state index contributed by atoms with van der Waals surface area (Å²) >= 11 is 1.28. The number of hydrogen-bond acceptors (Lipinski definition) is 5. The van der Waals surface area contributed by atoms with Gasteiger partial charge in [0.05, 0.1) is 5.75 Å². The molecule has 0 aliphatic carbocycles. The topological polar surface area (TPSA) is 85.8 Å². The monoisotopic (exact) mass is 305 g/mol. The molecule has 7 heteroatoms. The van der Waals surface area contributed by atoms with Gasteiger partial charge in [0.2, 0.25) is 11.1 Å². The summed E-state index contributed by atoms with van der Waals surface area (Å²) in [5.74, 6) is 6.77. The average Bonchev–Trinajstić information content (AvgIpc) is 2.81. The molecule has 0 saturated carbocycles. The van der Waals surface area contributed by atoms with Gasteiger partial charge in [0.15, 0.2) is 5.82 Å². The van der Waals surface area contributed by atoms with Crippen LogP contribution in [-0.4, -0.2) is 26.5 Å². The highest BCUT2D eigenvalue weighted by atomic mass is 32.2. The van der Waals surface area contributed by atoms with E-state index >= 15 is 0 Å². The van der Waals surface area contributed by atoms with Crippen LogP contribution in [0.3, 0.4) is 0 Å². The summed E-state index contributed by atoms with van der Waals surface area (Å²) in [5.41, 5.74) is 1.94. The Labute approximate surface area is 128 Å². The summed E-state index contributed by atoms with van der Waals surface area (Å²) in [5, 5.41) is 11.4. The van der Waals surface area contributed by atoms with E-state index in [4.69, 9.17) is 5.84 Å². The van der Waals surface area contributed by atoms with Crippen molar-refractivity contribution in [2.45, 2.75) is 31.8 Å². The van der Waals surface area contributed by atoms with E-state index in [1.54, 1.807) is 0 Å². The summed E-state index contributed by atoms with van der Waals surface area (Å²) in [4.78, 5) is 11.9. The molecule has 2 aromatic rings. The number of nitrogens with zero attached hydrogens (tertiary/aromatic N) is 3. The Hall–Kier alpha value is -2.02. The van der Waals surface area contributed by atoms with E-state index < -0.39 is 0 Å². The lowest BCUT2D eigenvalue weighted by Gasteiger charge is -2.05. The molecule has 0 spiro atoms. The number of rotatable bonds is 6. The highest BCUT2D eigenvalue weighted by Crippen LogP contribution is 2.16. The number of hydrogen-bond donors (Lipinski definition) is 2. The Bertz CT molecular complexity index is 608. The zero-order valence-corrected chi connectivity index (χ0v) is 13.0.